The van der Waals surface area contributed by atoms with Crippen molar-refractivity contribution in [3.05, 3.63) is 129 Å². The van der Waals surface area contributed by atoms with E-state index in [9.17, 15) is 18.0 Å². The van der Waals surface area contributed by atoms with Crippen molar-refractivity contribution < 1.29 is 18.0 Å². The fourth-order valence-corrected chi connectivity index (χ4v) is 6.57. The van der Waals surface area contributed by atoms with E-state index >= 15 is 0 Å². The molecule has 10 heteroatoms. The first kappa shape index (κ1) is 35.0. The van der Waals surface area contributed by atoms with Crippen molar-refractivity contribution in [2.75, 3.05) is 17.4 Å². The van der Waals surface area contributed by atoms with Crippen LogP contribution in [0, 0.1) is 19.8 Å². The third kappa shape index (κ3) is 9.12. The van der Waals surface area contributed by atoms with Crippen LogP contribution in [0.15, 0.2) is 102 Å². The molecule has 0 aromatic heterocycles. The van der Waals surface area contributed by atoms with Crippen molar-refractivity contribution in [2.45, 2.75) is 51.6 Å². The van der Waals surface area contributed by atoms with Crippen molar-refractivity contribution >= 4 is 50.7 Å². The highest BCUT2D eigenvalue weighted by Gasteiger charge is 2.35. The summed E-state index contributed by atoms with van der Waals surface area (Å²) in [5.74, 6) is -0.684. The Morgan fingerprint density at radius 1 is 0.783 bits per heavy atom. The number of carbonyl (C=O) groups is 2. The predicted octanol–water partition coefficient (Wildman–Crippen LogP) is 7.22. The Morgan fingerprint density at radius 2 is 1.39 bits per heavy atom. The van der Waals surface area contributed by atoms with E-state index < -0.39 is 28.5 Å². The van der Waals surface area contributed by atoms with Gasteiger partial charge in [-0.15, -0.1) is 0 Å². The van der Waals surface area contributed by atoms with Crippen LogP contribution in [0.2, 0.25) is 10.0 Å². The molecule has 0 bridgehead atoms. The van der Waals surface area contributed by atoms with Gasteiger partial charge >= 0.3 is 0 Å². The molecule has 0 unspecified atom stereocenters. The zero-order chi connectivity index (χ0) is 33.4. The number of halogens is 2. The second-order valence-corrected chi connectivity index (χ2v) is 14.5. The largest absolute Gasteiger partial charge is 0.354 e. The summed E-state index contributed by atoms with van der Waals surface area (Å²) in [6.45, 7) is 7.74. The maximum Gasteiger partial charge on any atom is 0.264 e. The van der Waals surface area contributed by atoms with Gasteiger partial charge in [0.05, 0.1) is 20.6 Å². The molecule has 7 nitrogen and oxygen atoms in total. The van der Waals surface area contributed by atoms with Crippen molar-refractivity contribution in [3.8, 4) is 0 Å². The number of sulfonamides is 1. The minimum absolute atomic E-state index is 0.0116. The van der Waals surface area contributed by atoms with E-state index in [2.05, 4.69) is 5.32 Å². The van der Waals surface area contributed by atoms with Crippen LogP contribution in [-0.2, 0) is 32.6 Å². The number of amides is 2. The van der Waals surface area contributed by atoms with Gasteiger partial charge in [-0.3, -0.25) is 13.9 Å². The molecule has 0 heterocycles. The van der Waals surface area contributed by atoms with Crippen LogP contribution in [0.4, 0.5) is 5.69 Å². The standard InChI is InChI=1S/C36H39Cl2N3O4S/c1-25(2)22-39-36(43)34(20-28-8-6-5-7-9-28)40(23-29-14-10-26(3)11-15-29)35(42)24-41(30-16-19-32(37)33(38)21-30)46(44,45)31-17-12-27(4)13-18-31/h5-19,21,25,34H,20,22-24H2,1-4H3,(H,39,43)/t34-/m0/s1. The second-order valence-electron chi connectivity index (χ2n) is 11.8. The summed E-state index contributed by atoms with van der Waals surface area (Å²) in [7, 11) is -4.25. The van der Waals surface area contributed by atoms with Gasteiger partial charge in [-0.1, -0.05) is 115 Å². The van der Waals surface area contributed by atoms with Gasteiger partial charge in [0.15, 0.2) is 0 Å². The number of nitrogens with one attached hydrogen (secondary N) is 1. The normalized spacial score (nSPS) is 12.1. The number of nitrogens with zero attached hydrogens (tertiary/aromatic N) is 2. The first-order valence-corrected chi connectivity index (χ1v) is 17.3. The van der Waals surface area contributed by atoms with Crippen molar-refractivity contribution in [1.82, 2.24) is 10.2 Å². The molecule has 0 spiro atoms. The summed E-state index contributed by atoms with van der Waals surface area (Å²) in [4.78, 5) is 29.9. The fraction of sp³-hybridized carbons (Fsp3) is 0.278. The van der Waals surface area contributed by atoms with Gasteiger partial charge in [-0.05, 0) is 61.2 Å². The van der Waals surface area contributed by atoms with E-state index in [1.807, 2.05) is 82.3 Å². The molecular weight excluding hydrogens is 641 g/mol. The van der Waals surface area contributed by atoms with Crippen LogP contribution in [-0.4, -0.2) is 44.3 Å². The smallest absolute Gasteiger partial charge is 0.264 e. The van der Waals surface area contributed by atoms with Crippen molar-refractivity contribution in [3.63, 3.8) is 0 Å². The molecule has 0 radical (unpaired) electrons. The number of benzene rings is 4. The number of hydrogen-bond donors (Lipinski definition) is 1. The molecule has 0 aliphatic carbocycles. The molecule has 242 valence electrons. The second kappa shape index (κ2) is 15.6. The van der Waals surface area contributed by atoms with Gasteiger partial charge < -0.3 is 10.2 Å². The summed E-state index contributed by atoms with van der Waals surface area (Å²) >= 11 is 12.5. The van der Waals surface area contributed by atoms with Gasteiger partial charge in [0.1, 0.15) is 12.6 Å². The molecule has 4 rings (SSSR count). The lowest BCUT2D eigenvalue weighted by Crippen LogP contribution is -2.53. The monoisotopic (exact) mass is 679 g/mol. The summed E-state index contributed by atoms with van der Waals surface area (Å²) in [5.41, 5.74) is 3.77. The molecular formula is C36H39Cl2N3O4S. The van der Waals surface area contributed by atoms with E-state index in [0.29, 0.717) is 6.54 Å². The van der Waals surface area contributed by atoms with E-state index in [1.54, 1.807) is 12.1 Å². The lowest BCUT2D eigenvalue weighted by Gasteiger charge is -2.34. The number of aryl methyl sites for hydroxylation is 2. The highest BCUT2D eigenvalue weighted by Crippen LogP contribution is 2.31. The van der Waals surface area contributed by atoms with Crippen LogP contribution < -0.4 is 9.62 Å². The summed E-state index contributed by atoms with van der Waals surface area (Å²) in [6.07, 6.45) is 0.236. The van der Waals surface area contributed by atoms with Crippen LogP contribution >= 0.6 is 23.2 Å². The topological polar surface area (TPSA) is 86.8 Å². The zero-order valence-corrected chi connectivity index (χ0v) is 28.7. The Kier molecular flexibility index (Phi) is 11.9. The molecule has 0 saturated heterocycles. The van der Waals surface area contributed by atoms with Gasteiger partial charge in [-0.25, -0.2) is 8.42 Å². The quantitative estimate of drug-likeness (QED) is 0.162. The Hall–Kier alpha value is -3.85. The average Bonchev–Trinajstić information content (AvgIpc) is 3.03. The van der Waals surface area contributed by atoms with Crippen LogP contribution in [0.1, 0.15) is 36.1 Å². The lowest BCUT2D eigenvalue weighted by atomic mass is 10.0. The number of hydrogen-bond acceptors (Lipinski definition) is 4. The SMILES string of the molecule is Cc1ccc(CN(C(=O)CN(c2ccc(Cl)c(Cl)c2)S(=O)(=O)c2ccc(C)cc2)[C@@H](Cc2ccccc2)C(=O)NCC(C)C)cc1. The molecule has 0 fully saturated rings. The van der Waals surface area contributed by atoms with Gasteiger partial charge in [0, 0.05) is 19.5 Å². The molecule has 0 aliphatic heterocycles. The molecule has 0 aliphatic rings. The Balaban J connectivity index is 1.81. The van der Waals surface area contributed by atoms with E-state index in [-0.39, 0.29) is 45.4 Å². The van der Waals surface area contributed by atoms with Crippen LogP contribution in [0.5, 0.6) is 0 Å². The third-order valence-electron chi connectivity index (χ3n) is 7.51. The van der Waals surface area contributed by atoms with Crippen molar-refractivity contribution in [2.24, 2.45) is 5.92 Å². The first-order valence-electron chi connectivity index (χ1n) is 15.1. The van der Waals surface area contributed by atoms with Gasteiger partial charge in [-0.2, -0.15) is 0 Å². The maximum absolute atomic E-state index is 14.5. The number of carbonyl (C=O) groups excluding carboxylic acids is 2. The molecule has 1 atom stereocenters. The Labute approximate surface area is 282 Å². The van der Waals surface area contributed by atoms with Crippen molar-refractivity contribution in [1.29, 1.82) is 0 Å². The minimum Gasteiger partial charge on any atom is -0.354 e. The maximum atomic E-state index is 14.5. The van der Waals surface area contributed by atoms with Gasteiger partial charge in [0.25, 0.3) is 10.0 Å². The highest BCUT2D eigenvalue weighted by molar-refractivity contribution is 7.92. The lowest BCUT2D eigenvalue weighted by molar-refractivity contribution is -0.140. The molecule has 1 N–H and O–H groups in total. The molecule has 0 saturated carbocycles. The highest BCUT2D eigenvalue weighted by atomic mass is 35.5. The summed E-state index contributed by atoms with van der Waals surface area (Å²) in [5, 5.41) is 3.38. The Bertz CT molecular complexity index is 1750. The molecule has 4 aromatic carbocycles. The molecule has 46 heavy (non-hydrogen) atoms. The zero-order valence-electron chi connectivity index (χ0n) is 26.4. The minimum atomic E-state index is -4.25. The van der Waals surface area contributed by atoms with E-state index in [1.165, 1.54) is 35.2 Å². The number of anilines is 1. The third-order valence-corrected chi connectivity index (χ3v) is 10.0. The summed E-state index contributed by atoms with van der Waals surface area (Å²) < 4.78 is 29.4. The molecule has 4 aromatic rings. The van der Waals surface area contributed by atoms with Crippen LogP contribution in [0.3, 0.4) is 0 Å². The Morgan fingerprint density at radius 3 is 1.98 bits per heavy atom. The van der Waals surface area contributed by atoms with E-state index in [0.717, 1.165) is 26.6 Å². The number of rotatable bonds is 13. The first-order chi connectivity index (χ1) is 21.8. The predicted molar refractivity (Wildman–Crippen MR) is 186 cm³/mol. The van der Waals surface area contributed by atoms with E-state index in [4.69, 9.17) is 23.2 Å². The molecule has 2 amide bonds. The van der Waals surface area contributed by atoms with Gasteiger partial charge in [0.2, 0.25) is 11.8 Å². The summed E-state index contributed by atoms with van der Waals surface area (Å²) in [6, 6.07) is 27.0. The van der Waals surface area contributed by atoms with Crippen LogP contribution in [0.25, 0.3) is 0 Å². The fourth-order valence-electron chi connectivity index (χ4n) is 4.87. The average molecular weight is 681 g/mol.